The van der Waals surface area contributed by atoms with E-state index in [9.17, 15) is 9.90 Å². The van der Waals surface area contributed by atoms with Crippen molar-refractivity contribution >= 4 is 5.97 Å². The van der Waals surface area contributed by atoms with Gasteiger partial charge in [0, 0.05) is 6.42 Å². The molecule has 2 rings (SSSR count). The van der Waals surface area contributed by atoms with Crippen LogP contribution < -0.4 is 0 Å². The molecular weight excluding hydrogens is 212 g/mol. The van der Waals surface area contributed by atoms with Crippen molar-refractivity contribution in [3.63, 3.8) is 0 Å². The van der Waals surface area contributed by atoms with Crippen molar-refractivity contribution < 1.29 is 24.1 Å². The second-order valence-corrected chi connectivity index (χ2v) is 4.51. The number of hydrogen-bond acceptors (Lipinski definition) is 5. The van der Waals surface area contributed by atoms with Crippen LogP contribution in [0.5, 0.6) is 0 Å². The van der Waals surface area contributed by atoms with Crippen molar-refractivity contribution in [2.24, 2.45) is 0 Å². The molecule has 1 heterocycles. The summed E-state index contributed by atoms with van der Waals surface area (Å²) in [4.78, 5) is 11.5. The highest BCUT2D eigenvalue weighted by Gasteiger charge is 2.47. The third kappa shape index (κ3) is 1.98. The Morgan fingerprint density at radius 2 is 2.25 bits per heavy atom. The maximum Gasteiger partial charge on any atom is 0.336 e. The van der Waals surface area contributed by atoms with Gasteiger partial charge in [0.1, 0.15) is 6.10 Å². The fraction of sp³-hybridized carbons (Fsp3) is 0.727. The monoisotopic (exact) mass is 228 g/mol. The molecule has 1 saturated heterocycles. The Bertz CT molecular complexity index is 333. The van der Waals surface area contributed by atoms with Crippen LogP contribution in [0, 0.1) is 0 Å². The Hall–Kier alpha value is -0.910. The van der Waals surface area contributed by atoms with Crippen LogP contribution in [-0.4, -0.2) is 42.3 Å². The molecule has 1 aliphatic carbocycles. The van der Waals surface area contributed by atoms with Gasteiger partial charge in [-0.05, 0) is 19.9 Å². The normalized spacial score (nSPS) is 36.5. The Morgan fingerprint density at radius 3 is 2.88 bits per heavy atom. The molecule has 0 aromatic rings. The fourth-order valence-corrected chi connectivity index (χ4v) is 2.18. The number of carbonyl (C=O) groups excluding carboxylic acids is 1. The summed E-state index contributed by atoms with van der Waals surface area (Å²) in [7, 11) is 1.31. The minimum absolute atomic E-state index is 0.288. The third-order valence-corrected chi connectivity index (χ3v) is 2.76. The molecule has 1 N–H and O–H groups in total. The van der Waals surface area contributed by atoms with Gasteiger partial charge >= 0.3 is 5.97 Å². The van der Waals surface area contributed by atoms with Crippen LogP contribution >= 0.6 is 0 Å². The number of ether oxygens (including phenoxy) is 3. The Labute approximate surface area is 94.0 Å². The summed E-state index contributed by atoms with van der Waals surface area (Å²) in [5.74, 6) is -1.21. The van der Waals surface area contributed by atoms with E-state index >= 15 is 0 Å². The van der Waals surface area contributed by atoms with Crippen molar-refractivity contribution in [3.05, 3.63) is 11.6 Å². The van der Waals surface area contributed by atoms with Gasteiger partial charge < -0.3 is 19.3 Å². The molecule has 2 aliphatic rings. The zero-order valence-corrected chi connectivity index (χ0v) is 9.60. The smallest absolute Gasteiger partial charge is 0.336 e. The Kier molecular flexibility index (Phi) is 2.77. The van der Waals surface area contributed by atoms with Gasteiger partial charge in [-0.25, -0.2) is 4.79 Å². The van der Waals surface area contributed by atoms with E-state index in [1.165, 1.54) is 13.2 Å². The topological polar surface area (TPSA) is 65.0 Å². The van der Waals surface area contributed by atoms with E-state index in [0.717, 1.165) is 0 Å². The quantitative estimate of drug-likeness (QED) is 0.657. The number of aliphatic hydroxyl groups excluding tert-OH is 1. The van der Waals surface area contributed by atoms with Gasteiger partial charge in [0.2, 0.25) is 0 Å². The standard InChI is InChI=1S/C11H16O5/c1-11(2)15-8-5-6(12)4-7(9(8)16-11)10(13)14-3/h4,6,8-9,12H,5H2,1-3H3/t6-,8+,9-/m1/s1. The summed E-state index contributed by atoms with van der Waals surface area (Å²) in [6, 6.07) is 0. The predicted molar refractivity (Wildman–Crippen MR) is 54.5 cm³/mol. The lowest BCUT2D eigenvalue weighted by Gasteiger charge is -2.25. The molecule has 0 radical (unpaired) electrons. The SMILES string of the molecule is COC(=O)C1=C[C@@H](O)C[C@@H]2OC(C)(C)O[C@H]12. The molecule has 0 bridgehead atoms. The maximum atomic E-state index is 11.5. The van der Waals surface area contributed by atoms with Gasteiger partial charge in [0.05, 0.1) is 24.9 Å². The van der Waals surface area contributed by atoms with Crippen molar-refractivity contribution in [2.75, 3.05) is 7.11 Å². The molecule has 0 spiro atoms. The van der Waals surface area contributed by atoms with Crippen molar-refractivity contribution in [3.8, 4) is 0 Å². The molecule has 0 aromatic heterocycles. The second-order valence-electron chi connectivity index (χ2n) is 4.51. The first-order valence-electron chi connectivity index (χ1n) is 5.26. The van der Waals surface area contributed by atoms with Crippen molar-refractivity contribution in [1.82, 2.24) is 0 Å². The largest absolute Gasteiger partial charge is 0.466 e. The highest BCUT2D eigenvalue weighted by Crippen LogP contribution is 2.37. The number of fused-ring (bicyclic) bond motifs is 1. The summed E-state index contributed by atoms with van der Waals surface area (Å²) in [6.45, 7) is 3.57. The summed E-state index contributed by atoms with van der Waals surface area (Å²) < 4.78 is 15.9. The first kappa shape index (κ1) is 11.6. The average molecular weight is 228 g/mol. The molecule has 0 unspecified atom stereocenters. The molecular formula is C11H16O5. The molecule has 1 aliphatic heterocycles. The first-order valence-corrected chi connectivity index (χ1v) is 5.26. The molecule has 5 nitrogen and oxygen atoms in total. The molecule has 0 aromatic carbocycles. The molecule has 1 fully saturated rings. The van der Waals surface area contributed by atoms with E-state index in [4.69, 9.17) is 9.47 Å². The van der Waals surface area contributed by atoms with Crippen LogP contribution in [0.25, 0.3) is 0 Å². The van der Waals surface area contributed by atoms with E-state index in [-0.39, 0.29) is 6.10 Å². The van der Waals surface area contributed by atoms with Crippen LogP contribution in [0.1, 0.15) is 20.3 Å². The predicted octanol–water partition coefficient (Wildman–Crippen LogP) is 0.370. The van der Waals surface area contributed by atoms with Crippen LogP contribution in [-0.2, 0) is 19.0 Å². The van der Waals surface area contributed by atoms with E-state index in [2.05, 4.69) is 4.74 Å². The van der Waals surface area contributed by atoms with E-state index in [0.29, 0.717) is 12.0 Å². The van der Waals surface area contributed by atoms with Crippen LogP contribution in [0.15, 0.2) is 11.6 Å². The van der Waals surface area contributed by atoms with E-state index in [1.54, 1.807) is 13.8 Å². The number of methoxy groups -OCH3 is 1. The summed E-state index contributed by atoms with van der Waals surface area (Å²) in [5.41, 5.74) is 0.344. The Balaban J connectivity index is 2.26. The lowest BCUT2D eigenvalue weighted by molar-refractivity contribution is -0.147. The zero-order valence-electron chi connectivity index (χ0n) is 9.60. The molecule has 0 amide bonds. The van der Waals surface area contributed by atoms with Crippen molar-refractivity contribution in [2.45, 2.75) is 44.4 Å². The number of carbonyl (C=O) groups is 1. The third-order valence-electron chi connectivity index (χ3n) is 2.76. The molecule has 16 heavy (non-hydrogen) atoms. The summed E-state index contributed by atoms with van der Waals surface area (Å²) >= 11 is 0. The van der Waals surface area contributed by atoms with E-state index in [1.807, 2.05) is 0 Å². The van der Waals surface area contributed by atoms with Gasteiger partial charge in [0.25, 0.3) is 0 Å². The summed E-state index contributed by atoms with van der Waals surface area (Å²) in [5, 5.41) is 9.62. The molecule has 3 atom stereocenters. The Morgan fingerprint density at radius 1 is 1.56 bits per heavy atom. The molecule has 0 saturated carbocycles. The maximum absolute atomic E-state index is 11.5. The van der Waals surface area contributed by atoms with Crippen LogP contribution in [0.3, 0.4) is 0 Å². The van der Waals surface area contributed by atoms with Gasteiger partial charge in [-0.2, -0.15) is 0 Å². The lowest BCUT2D eigenvalue weighted by Crippen LogP contribution is -2.36. The zero-order chi connectivity index (χ0) is 11.9. The highest BCUT2D eigenvalue weighted by atomic mass is 16.8. The van der Waals surface area contributed by atoms with Crippen LogP contribution in [0.4, 0.5) is 0 Å². The van der Waals surface area contributed by atoms with Crippen molar-refractivity contribution in [1.29, 1.82) is 0 Å². The van der Waals surface area contributed by atoms with Gasteiger partial charge in [-0.1, -0.05) is 0 Å². The number of rotatable bonds is 1. The molecule has 5 heteroatoms. The average Bonchev–Trinajstić information content (AvgIpc) is 2.49. The second kappa shape index (κ2) is 3.84. The van der Waals surface area contributed by atoms with Gasteiger partial charge in [-0.15, -0.1) is 0 Å². The summed E-state index contributed by atoms with van der Waals surface area (Å²) in [6.07, 6.45) is 0.509. The minimum atomic E-state index is -0.730. The van der Waals surface area contributed by atoms with E-state index < -0.39 is 24.0 Å². The number of hydrogen-bond donors (Lipinski definition) is 1. The number of esters is 1. The minimum Gasteiger partial charge on any atom is -0.466 e. The van der Waals surface area contributed by atoms with Crippen LogP contribution in [0.2, 0.25) is 0 Å². The fourth-order valence-electron chi connectivity index (χ4n) is 2.18. The van der Waals surface area contributed by atoms with Gasteiger partial charge in [0.15, 0.2) is 5.79 Å². The highest BCUT2D eigenvalue weighted by molar-refractivity contribution is 5.90. The molecule has 90 valence electrons. The number of aliphatic hydroxyl groups is 1. The lowest BCUT2D eigenvalue weighted by atomic mass is 9.92. The first-order chi connectivity index (χ1) is 7.43. The van der Waals surface area contributed by atoms with Gasteiger partial charge in [-0.3, -0.25) is 0 Å².